The van der Waals surface area contributed by atoms with E-state index in [1.54, 1.807) is 6.21 Å². The van der Waals surface area contributed by atoms with Crippen LogP contribution in [0.1, 0.15) is 16.7 Å². The molecule has 5 aromatic rings. The summed E-state index contributed by atoms with van der Waals surface area (Å²) in [6, 6.07) is 32.3. The number of hydrazone groups is 1. The van der Waals surface area contributed by atoms with Crippen LogP contribution < -0.4 is 11.2 Å². The van der Waals surface area contributed by atoms with Crippen LogP contribution in [0.5, 0.6) is 0 Å². The molecule has 0 aliphatic carbocycles. The molecule has 0 aliphatic rings. The van der Waals surface area contributed by atoms with Crippen LogP contribution in [0.2, 0.25) is 0 Å². The van der Waals surface area contributed by atoms with Crippen molar-refractivity contribution in [1.82, 2.24) is 15.2 Å². The number of amides is 2. The van der Waals surface area contributed by atoms with Crippen molar-refractivity contribution in [3.63, 3.8) is 0 Å². The zero-order chi connectivity index (χ0) is 23.3. The number of carbonyl (C=O) groups is 1. The van der Waals surface area contributed by atoms with Gasteiger partial charge in [0.1, 0.15) is 5.69 Å². The Morgan fingerprint density at radius 3 is 2.47 bits per heavy atom. The van der Waals surface area contributed by atoms with Gasteiger partial charge in [0.05, 0.1) is 11.9 Å². The summed E-state index contributed by atoms with van der Waals surface area (Å²) in [6.45, 7) is 0. The van der Waals surface area contributed by atoms with Gasteiger partial charge in [0.25, 0.3) is 0 Å². The largest absolute Gasteiger partial charge is 0.350 e. The molecule has 5 rings (SSSR count). The number of urea groups is 1. The van der Waals surface area contributed by atoms with Crippen LogP contribution in [-0.4, -0.2) is 22.0 Å². The molecule has 166 valence electrons. The van der Waals surface area contributed by atoms with Gasteiger partial charge in [-0.1, -0.05) is 84.9 Å². The molecule has 6 nitrogen and oxygen atoms in total. The number of hydrogen-bond donors (Lipinski definition) is 2. The van der Waals surface area contributed by atoms with Crippen molar-refractivity contribution in [2.24, 2.45) is 10.8 Å². The average Bonchev–Trinajstić information content (AvgIpc) is 3.28. The normalized spacial score (nSPS) is 11.2. The average molecular weight is 446 g/mol. The number of nitrogens with one attached hydrogen (secondary N) is 1. The number of carbonyl (C=O) groups excluding carboxylic acids is 1. The number of hydrogen-bond acceptors (Lipinski definition) is 3. The second-order valence-corrected chi connectivity index (χ2v) is 7.96. The SMILES string of the molecule is NC(=O)N/N=C/c1cn(-c2ccccc2Cc2ccccc2)nc1-c1ccc2ccccc2c1. The van der Waals surface area contributed by atoms with E-state index < -0.39 is 6.03 Å². The van der Waals surface area contributed by atoms with Gasteiger partial charge in [-0.05, 0) is 40.5 Å². The van der Waals surface area contributed by atoms with Gasteiger partial charge in [-0.25, -0.2) is 14.9 Å². The Labute approximate surface area is 197 Å². The van der Waals surface area contributed by atoms with Crippen LogP contribution in [0.4, 0.5) is 4.79 Å². The van der Waals surface area contributed by atoms with E-state index in [0.717, 1.165) is 45.3 Å². The first-order valence-electron chi connectivity index (χ1n) is 11.0. The topological polar surface area (TPSA) is 85.3 Å². The fraction of sp³-hybridized carbons (Fsp3) is 0.0357. The quantitative estimate of drug-likeness (QED) is 0.275. The van der Waals surface area contributed by atoms with Gasteiger partial charge in [0, 0.05) is 17.3 Å². The number of primary amides is 1. The second kappa shape index (κ2) is 9.42. The van der Waals surface area contributed by atoms with Crippen LogP contribution in [0.15, 0.2) is 108 Å². The van der Waals surface area contributed by atoms with E-state index in [0.29, 0.717) is 0 Å². The van der Waals surface area contributed by atoms with Crippen LogP contribution in [-0.2, 0) is 6.42 Å². The molecule has 3 N–H and O–H groups in total. The standard InChI is InChI=1S/C28H23N5O/c29-28(34)31-30-18-25-19-33(26-13-7-6-12-23(26)16-20-8-2-1-3-9-20)32-27(25)24-15-14-21-10-4-5-11-22(21)17-24/h1-15,17-19H,16H2,(H3,29,31,34)/b30-18+. The van der Waals surface area contributed by atoms with E-state index >= 15 is 0 Å². The number of nitrogens with two attached hydrogens (primary N) is 1. The van der Waals surface area contributed by atoms with Gasteiger partial charge >= 0.3 is 6.03 Å². The van der Waals surface area contributed by atoms with E-state index in [1.807, 2.05) is 59.4 Å². The predicted octanol–water partition coefficient (Wildman–Crippen LogP) is 5.29. The van der Waals surface area contributed by atoms with E-state index in [4.69, 9.17) is 10.8 Å². The first-order valence-corrected chi connectivity index (χ1v) is 11.0. The lowest BCUT2D eigenvalue weighted by atomic mass is 10.0. The number of benzene rings is 4. The van der Waals surface area contributed by atoms with Gasteiger partial charge in [-0.2, -0.15) is 10.2 Å². The molecule has 0 aliphatic heterocycles. The molecular formula is C28H23N5O. The van der Waals surface area contributed by atoms with Crippen LogP contribution >= 0.6 is 0 Å². The van der Waals surface area contributed by atoms with Gasteiger partial charge in [0.2, 0.25) is 0 Å². The summed E-state index contributed by atoms with van der Waals surface area (Å²) in [6.07, 6.45) is 4.27. The summed E-state index contributed by atoms with van der Waals surface area (Å²) in [5.74, 6) is 0. The summed E-state index contributed by atoms with van der Waals surface area (Å²) >= 11 is 0. The number of fused-ring (bicyclic) bond motifs is 1. The van der Waals surface area contributed by atoms with E-state index in [1.165, 1.54) is 5.56 Å². The molecule has 0 atom stereocenters. The molecule has 0 saturated heterocycles. The Morgan fingerprint density at radius 1 is 0.912 bits per heavy atom. The third kappa shape index (κ3) is 4.56. The van der Waals surface area contributed by atoms with E-state index in [9.17, 15) is 4.79 Å². The number of para-hydroxylation sites is 1. The molecule has 0 unspecified atom stereocenters. The monoisotopic (exact) mass is 445 g/mol. The minimum absolute atomic E-state index is 0.718. The number of aromatic nitrogens is 2. The Morgan fingerprint density at radius 2 is 1.65 bits per heavy atom. The lowest BCUT2D eigenvalue weighted by Gasteiger charge is -2.10. The molecule has 0 spiro atoms. The van der Waals surface area contributed by atoms with Crippen molar-refractivity contribution in [1.29, 1.82) is 0 Å². The molecule has 0 bridgehead atoms. The molecule has 6 heteroatoms. The van der Waals surface area contributed by atoms with Gasteiger partial charge in [0.15, 0.2) is 0 Å². The highest BCUT2D eigenvalue weighted by molar-refractivity contribution is 5.93. The van der Waals surface area contributed by atoms with Gasteiger partial charge in [-0.3, -0.25) is 0 Å². The minimum atomic E-state index is -0.718. The Balaban J connectivity index is 1.60. The number of rotatable bonds is 6. The molecule has 0 fully saturated rings. The Kier molecular flexibility index (Phi) is 5.86. The lowest BCUT2D eigenvalue weighted by Crippen LogP contribution is -2.24. The molecule has 1 heterocycles. The fourth-order valence-corrected chi connectivity index (χ4v) is 4.03. The first-order chi connectivity index (χ1) is 16.7. The van der Waals surface area contributed by atoms with E-state index in [-0.39, 0.29) is 0 Å². The van der Waals surface area contributed by atoms with E-state index in [2.05, 4.69) is 59.1 Å². The molecular weight excluding hydrogens is 422 g/mol. The second-order valence-electron chi connectivity index (χ2n) is 7.96. The first kappa shape index (κ1) is 21.2. The number of nitrogens with zero attached hydrogens (tertiary/aromatic N) is 3. The maximum Gasteiger partial charge on any atom is 0.332 e. The van der Waals surface area contributed by atoms with Crippen LogP contribution in [0.3, 0.4) is 0 Å². The zero-order valence-corrected chi connectivity index (χ0v) is 18.4. The lowest BCUT2D eigenvalue weighted by molar-refractivity contribution is 0.249. The highest BCUT2D eigenvalue weighted by atomic mass is 16.2. The Hall–Kier alpha value is -4.71. The Bertz CT molecular complexity index is 1490. The molecule has 0 radical (unpaired) electrons. The van der Waals surface area contributed by atoms with Crippen molar-refractivity contribution >= 4 is 23.0 Å². The van der Waals surface area contributed by atoms with Crippen LogP contribution in [0, 0.1) is 0 Å². The molecule has 0 saturated carbocycles. The summed E-state index contributed by atoms with van der Waals surface area (Å²) in [4.78, 5) is 11.1. The maximum absolute atomic E-state index is 11.1. The van der Waals surface area contributed by atoms with Crippen molar-refractivity contribution in [2.75, 3.05) is 0 Å². The molecule has 1 aromatic heterocycles. The maximum atomic E-state index is 11.1. The van der Waals surface area contributed by atoms with Crippen molar-refractivity contribution in [3.8, 4) is 16.9 Å². The molecule has 4 aromatic carbocycles. The third-order valence-corrected chi connectivity index (χ3v) is 5.62. The summed E-state index contributed by atoms with van der Waals surface area (Å²) < 4.78 is 1.87. The van der Waals surface area contributed by atoms with Crippen LogP contribution in [0.25, 0.3) is 27.7 Å². The van der Waals surface area contributed by atoms with Gasteiger partial charge in [-0.15, -0.1) is 0 Å². The van der Waals surface area contributed by atoms with Crippen molar-refractivity contribution in [3.05, 3.63) is 120 Å². The molecule has 2 amide bonds. The zero-order valence-electron chi connectivity index (χ0n) is 18.4. The summed E-state index contributed by atoms with van der Waals surface area (Å²) in [5, 5.41) is 11.2. The van der Waals surface area contributed by atoms with Crippen molar-refractivity contribution < 1.29 is 4.79 Å². The summed E-state index contributed by atoms with van der Waals surface area (Å²) in [7, 11) is 0. The predicted molar refractivity (Wildman–Crippen MR) is 136 cm³/mol. The highest BCUT2D eigenvalue weighted by Gasteiger charge is 2.14. The third-order valence-electron chi connectivity index (χ3n) is 5.62. The van der Waals surface area contributed by atoms with Crippen molar-refractivity contribution in [2.45, 2.75) is 6.42 Å². The van der Waals surface area contributed by atoms with Gasteiger partial charge < -0.3 is 5.73 Å². The smallest absolute Gasteiger partial charge is 0.332 e. The molecule has 34 heavy (non-hydrogen) atoms. The fourth-order valence-electron chi connectivity index (χ4n) is 4.03. The highest BCUT2D eigenvalue weighted by Crippen LogP contribution is 2.27. The minimum Gasteiger partial charge on any atom is -0.350 e. The summed E-state index contributed by atoms with van der Waals surface area (Å²) in [5.41, 5.74) is 13.3.